The van der Waals surface area contributed by atoms with Crippen LogP contribution in [0.5, 0.6) is 0 Å². The zero-order chi connectivity index (χ0) is 12.5. The normalized spacial score (nSPS) is 25.9. The highest BCUT2D eigenvalue weighted by Gasteiger charge is 2.22. The van der Waals surface area contributed by atoms with Crippen LogP contribution < -0.4 is 0 Å². The minimum atomic E-state index is -0.0759. The monoisotopic (exact) mass is 233 g/mol. The van der Waals surface area contributed by atoms with Crippen LogP contribution >= 0.6 is 0 Å². The van der Waals surface area contributed by atoms with Gasteiger partial charge in [0.05, 0.1) is 6.10 Å². The van der Waals surface area contributed by atoms with Gasteiger partial charge in [-0.05, 0) is 43.2 Å². The topological polar surface area (TPSA) is 33.1 Å². The Morgan fingerprint density at radius 3 is 2.24 bits per heavy atom. The zero-order valence-electron chi connectivity index (χ0n) is 11.1. The molecular formula is C15H23NO. The maximum Gasteiger partial charge on any atom is 0.0540 e. The quantitative estimate of drug-likeness (QED) is 0.806. The van der Waals surface area contributed by atoms with Gasteiger partial charge in [-0.3, -0.25) is 4.98 Å². The molecular weight excluding hydrogens is 210 g/mol. The number of aliphatic hydroxyl groups is 1. The first-order valence-electron chi connectivity index (χ1n) is 6.61. The van der Waals surface area contributed by atoms with Crippen LogP contribution in [0.25, 0.3) is 0 Å². The van der Waals surface area contributed by atoms with Gasteiger partial charge in [0.2, 0.25) is 0 Å². The van der Waals surface area contributed by atoms with Crippen LogP contribution in [0, 0.1) is 0 Å². The molecule has 2 rings (SSSR count). The molecule has 1 N–H and O–H groups in total. The van der Waals surface area contributed by atoms with Crippen LogP contribution in [-0.2, 0) is 5.41 Å². The lowest BCUT2D eigenvalue weighted by molar-refractivity contribution is 0.122. The Morgan fingerprint density at radius 2 is 1.76 bits per heavy atom. The van der Waals surface area contributed by atoms with Crippen LogP contribution in [0.3, 0.4) is 0 Å². The van der Waals surface area contributed by atoms with Crippen LogP contribution in [-0.4, -0.2) is 16.2 Å². The average molecular weight is 233 g/mol. The fourth-order valence-corrected chi connectivity index (χ4v) is 2.50. The molecule has 1 aromatic heterocycles. The first kappa shape index (κ1) is 12.6. The van der Waals surface area contributed by atoms with Gasteiger partial charge in [-0.1, -0.05) is 26.8 Å². The summed E-state index contributed by atoms with van der Waals surface area (Å²) in [6.45, 7) is 6.56. The van der Waals surface area contributed by atoms with Crippen LogP contribution in [0.4, 0.5) is 0 Å². The van der Waals surface area contributed by atoms with Crippen molar-refractivity contribution in [2.75, 3.05) is 0 Å². The van der Waals surface area contributed by atoms with Crippen molar-refractivity contribution < 1.29 is 5.11 Å². The van der Waals surface area contributed by atoms with Gasteiger partial charge in [-0.2, -0.15) is 0 Å². The van der Waals surface area contributed by atoms with E-state index in [0.717, 1.165) is 31.4 Å². The van der Waals surface area contributed by atoms with E-state index in [9.17, 15) is 5.11 Å². The molecule has 17 heavy (non-hydrogen) atoms. The summed E-state index contributed by atoms with van der Waals surface area (Å²) in [5.41, 5.74) is 2.61. The van der Waals surface area contributed by atoms with Gasteiger partial charge < -0.3 is 5.11 Å². The minimum Gasteiger partial charge on any atom is -0.393 e. The summed E-state index contributed by atoms with van der Waals surface area (Å²) in [6.07, 6.45) is 6.02. The molecule has 94 valence electrons. The van der Waals surface area contributed by atoms with Gasteiger partial charge in [0, 0.05) is 17.3 Å². The van der Waals surface area contributed by atoms with Crippen LogP contribution in [0.2, 0.25) is 0 Å². The summed E-state index contributed by atoms with van der Waals surface area (Å²) in [5, 5.41) is 9.51. The Kier molecular flexibility index (Phi) is 3.53. The second-order valence-electron chi connectivity index (χ2n) is 6.23. The maximum absolute atomic E-state index is 9.51. The SMILES string of the molecule is CC(C)(C)c1ccc(C2CCC(O)CC2)cn1. The van der Waals surface area contributed by atoms with Crippen molar-refractivity contribution in [2.24, 2.45) is 0 Å². The van der Waals surface area contributed by atoms with Crippen LogP contribution in [0.15, 0.2) is 18.3 Å². The fourth-order valence-electron chi connectivity index (χ4n) is 2.50. The Bertz CT molecular complexity index is 356. The van der Waals surface area contributed by atoms with Crippen LogP contribution in [0.1, 0.15) is 63.6 Å². The lowest BCUT2D eigenvalue weighted by Gasteiger charge is -2.26. The molecule has 2 heteroatoms. The molecule has 1 aromatic rings. The molecule has 0 aliphatic heterocycles. The molecule has 0 spiro atoms. The van der Waals surface area contributed by atoms with Crippen molar-refractivity contribution in [3.8, 4) is 0 Å². The van der Waals surface area contributed by atoms with E-state index >= 15 is 0 Å². The number of pyridine rings is 1. The molecule has 1 fully saturated rings. The van der Waals surface area contributed by atoms with E-state index in [2.05, 4.69) is 37.9 Å². The third kappa shape index (κ3) is 3.06. The Hall–Kier alpha value is -0.890. The van der Waals surface area contributed by atoms with Gasteiger partial charge in [0.1, 0.15) is 0 Å². The highest BCUT2D eigenvalue weighted by Crippen LogP contribution is 2.33. The standard InChI is InChI=1S/C15H23NO/c1-15(2,3)14-9-6-12(10-16-14)11-4-7-13(17)8-5-11/h6,9-11,13,17H,4-5,7-8H2,1-3H3. The van der Waals surface area contributed by atoms with Crippen molar-refractivity contribution in [1.29, 1.82) is 0 Å². The van der Waals surface area contributed by atoms with Crippen molar-refractivity contribution in [3.63, 3.8) is 0 Å². The van der Waals surface area contributed by atoms with Gasteiger partial charge in [-0.15, -0.1) is 0 Å². The van der Waals surface area contributed by atoms with E-state index in [1.165, 1.54) is 5.56 Å². The van der Waals surface area contributed by atoms with Crippen molar-refractivity contribution in [2.45, 2.75) is 63.9 Å². The third-order valence-electron chi connectivity index (χ3n) is 3.72. The molecule has 0 amide bonds. The molecule has 1 heterocycles. The molecule has 2 nitrogen and oxygen atoms in total. The number of aromatic nitrogens is 1. The lowest BCUT2D eigenvalue weighted by Crippen LogP contribution is -2.18. The second-order valence-corrected chi connectivity index (χ2v) is 6.23. The molecule has 1 aliphatic carbocycles. The number of rotatable bonds is 1. The third-order valence-corrected chi connectivity index (χ3v) is 3.72. The summed E-state index contributed by atoms with van der Waals surface area (Å²) in [5.74, 6) is 0.597. The Labute approximate surface area is 104 Å². The second kappa shape index (κ2) is 4.77. The number of aliphatic hydroxyl groups excluding tert-OH is 1. The summed E-state index contributed by atoms with van der Waals surface area (Å²) < 4.78 is 0. The fraction of sp³-hybridized carbons (Fsp3) is 0.667. The Balaban J connectivity index is 2.08. The zero-order valence-corrected chi connectivity index (χ0v) is 11.1. The lowest BCUT2D eigenvalue weighted by atomic mass is 9.83. The van der Waals surface area contributed by atoms with Gasteiger partial charge in [0.25, 0.3) is 0 Å². The summed E-state index contributed by atoms with van der Waals surface area (Å²) >= 11 is 0. The predicted molar refractivity (Wildman–Crippen MR) is 70.2 cm³/mol. The van der Waals surface area contributed by atoms with E-state index < -0.39 is 0 Å². The van der Waals surface area contributed by atoms with Crippen molar-refractivity contribution >= 4 is 0 Å². The summed E-state index contributed by atoms with van der Waals surface area (Å²) in [4.78, 5) is 4.58. The molecule has 0 radical (unpaired) electrons. The smallest absolute Gasteiger partial charge is 0.0540 e. The molecule has 1 aliphatic rings. The highest BCUT2D eigenvalue weighted by atomic mass is 16.3. The van der Waals surface area contributed by atoms with E-state index in [0.29, 0.717) is 5.92 Å². The summed E-state index contributed by atoms with van der Waals surface area (Å²) in [6, 6.07) is 4.37. The molecule has 0 unspecified atom stereocenters. The largest absolute Gasteiger partial charge is 0.393 e. The minimum absolute atomic E-state index is 0.0759. The first-order valence-corrected chi connectivity index (χ1v) is 6.61. The molecule has 0 saturated heterocycles. The van der Waals surface area contributed by atoms with E-state index in [-0.39, 0.29) is 11.5 Å². The predicted octanol–water partition coefficient (Wildman–Crippen LogP) is 3.40. The van der Waals surface area contributed by atoms with Gasteiger partial charge in [-0.25, -0.2) is 0 Å². The van der Waals surface area contributed by atoms with Crippen molar-refractivity contribution in [3.05, 3.63) is 29.6 Å². The van der Waals surface area contributed by atoms with E-state index in [1.54, 1.807) is 0 Å². The first-order chi connectivity index (χ1) is 7.97. The number of nitrogens with zero attached hydrogens (tertiary/aromatic N) is 1. The summed E-state index contributed by atoms with van der Waals surface area (Å²) in [7, 11) is 0. The van der Waals surface area contributed by atoms with Gasteiger partial charge in [0.15, 0.2) is 0 Å². The molecule has 1 saturated carbocycles. The Morgan fingerprint density at radius 1 is 1.12 bits per heavy atom. The number of hydrogen-bond acceptors (Lipinski definition) is 2. The highest BCUT2D eigenvalue weighted by molar-refractivity contribution is 5.22. The van der Waals surface area contributed by atoms with Crippen molar-refractivity contribution in [1.82, 2.24) is 4.98 Å². The molecule has 0 bridgehead atoms. The molecule has 0 atom stereocenters. The van der Waals surface area contributed by atoms with E-state index in [1.807, 2.05) is 6.20 Å². The number of hydrogen-bond donors (Lipinski definition) is 1. The maximum atomic E-state index is 9.51. The average Bonchev–Trinajstić information content (AvgIpc) is 2.29. The van der Waals surface area contributed by atoms with E-state index in [4.69, 9.17) is 0 Å². The van der Waals surface area contributed by atoms with Gasteiger partial charge >= 0.3 is 0 Å². The molecule has 0 aromatic carbocycles.